The maximum atomic E-state index is 13.3. The SMILES string of the molecule is CC1Cc2ccccc2N1c1ccc(C(=O)Nc2ccc(F)c(F)c2)nn1. The van der Waals surface area contributed by atoms with E-state index in [0.29, 0.717) is 5.82 Å². The van der Waals surface area contributed by atoms with Crippen molar-refractivity contribution in [3.05, 3.63) is 77.5 Å². The molecular weight excluding hydrogens is 350 g/mol. The summed E-state index contributed by atoms with van der Waals surface area (Å²) < 4.78 is 26.2. The van der Waals surface area contributed by atoms with Crippen molar-refractivity contribution in [1.82, 2.24) is 10.2 Å². The number of para-hydroxylation sites is 1. The molecule has 1 N–H and O–H groups in total. The first-order valence-electron chi connectivity index (χ1n) is 8.50. The van der Waals surface area contributed by atoms with Gasteiger partial charge in [-0.3, -0.25) is 4.79 Å². The number of hydrogen-bond acceptors (Lipinski definition) is 4. The summed E-state index contributed by atoms with van der Waals surface area (Å²) in [5, 5.41) is 10.7. The van der Waals surface area contributed by atoms with Gasteiger partial charge < -0.3 is 10.2 Å². The number of carbonyl (C=O) groups excluding carboxylic acids is 1. The summed E-state index contributed by atoms with van der Waals surface area (Å²) in [6.07, 6.45) is 0.913. The minimum atomic E-state index is -1.03. The molecule has 3 aromatic rings. The van der Waals surface area contributed by atoms with E-state index in [1.807, 2.05) is 18.2 Å². The van der Waals surface area contributed by atoms with Gasteiger partial charge in [0.2, 0.25) is 0 Å². The van der Waals surface area contributed by atoms with Crippen molar-refractivity contribution in [2.75, 3.05) is 10.2 Å². The fourth-order valence-electron chi connectivity index (χ4n) is 3.26. The number of nitrogens with one attached hydrogen (secondary N) is 1. The number of anilines is 3. The molecule has 4 rings (SSSR count). The fraction of sp³-hybridized carbons (Fsp3) is 0.150. The van der Waals surface area contributed by atoms with Crippen LogP contribution in [0.2, 0.25) is 0 Å². The Bertz CT molecular complexity index is 1010. The zero-order valence-electron chi connectivity index (χ0n) is 14.5. The lowest BCUT2D eigenvalue weighted by atomic mass is 10.1. The topological polar surface area (TPSA) is 58.1 Å². The molecule has 2 heterocycles. The normalized spacial score (nSPS) is 15.5. The highest BCUT2D eigenvalue weighted by atomic mass is 19.2. The molecule has 1 aliphatic rings. The maximum Gasteiger partial charge on any atom is 0.276 e. The van der Waals surface area contributed by atoms with Gasteiger partial charge in [-0.05, 0) is 49.2 Å². The molecule has 0 radical (unpaired) electrons. The van der Waals surface area contributed by atoms with Crippen LogP contribution in [0.25, 0.3) is 0 Å². The van der Waals surface area contributed by atoms with E-state index < -0.39 is 17.5 Å². The Balaban J connectivity index is 1.54. The monoisotopic (exact) mass is 366 g/mol. The van der Waals surface area contributed by atoms with Gasteiger partial charge in [-0.1, -0.05) is 18.2 Å². The van der Waals surface area contributed by atoms with Gasteiger partial charge in [0.25, 0.3) is 5.91 Å². The quantitative estimate of drug-likeness (QED) is 0.759. The lowest BCUT2D eigenvalue weighted by Crippen LogP contribution is -2.25. The largest absolute Gasteiger partial charge is 0.321 e. The number of halogens is 2. The zero-order valence-corrected chi connectivity index (χ0v) is 14.5. The number of rotatable bonds is 3. The van der Waals surface area contributed by atoms with Crippen LogP contribution in [-0.4, -0.2) is 22.1 Å². The van der Waals surface area contributed by atoms with E-state index in [9.17, 15) is 13.6 Å². The minimum Gasteiger partial charge on any atom is -0.321 e. The standard InChI is InChI=1S/C20H16F2N4O/c1-12-10-13-4-2-3-5-18(13)26(12)19-9-8-17(24-25-19)20(27)23-14-6-7-15(21)16(22)11-14/h2-9,11-12H,10H2,1H3,(H,23,27). The third kappa shape index (κ3) is 3.23. The first-order chi connectivity index (χ1) is 13.0. The summed E-state index contributed by atoms with van der Waals surface area (Å²) in [6.45, 7) is 2.10. The van der Waals surface area contributed by atoms with Gasteiger partial charge in [0.15, 0.2) is 23.1 Å². The molecule has 0 bridgehead atoms. The van der Waals surface area contributed by atoms with Crippen molar-refractivity contribution < 1.29 is 13.6 Å². The van der Waals surface area contributed by atoms with Crippen LogP contribution in [0, 0.1) is 11.6 Å². The second-order valence-electron chi connectivity index (χ2n) is 6.41. The van der Waals surface area contributed by atoms with Gasteiger partial charge in [0.1, 0.15) is 0 Å². The number of amides is 1. The van der Waals surface area contributed by atoms with Crippen LogP contribution >= 0.6 is 0 Å². The highest BCUT2D eigenvalue weighted by Crippen LogP contribution is 2.36. The van der Waals surface area contributed by atoms with Crippen molar-refractivity contribution in [3.63, 3.8) is 0 Å². The number of hydrogen-bond donors (Lipinski definition) is 1. The Kier molecular flexibility index (Phi) is 4.27. The van der Waals surface area contributed by atoms with Crippen molar-refractivity contribution in [2.45, 2.75) is 19.4 Å². The lowest BCUT2D eigenvalue weighted by Gasteiger charge is -2.23. The Morgan fingerprint density at radius 1 is 1.07 bits per heavy atom. The highest BCUT2D eigenvalue weighted by Gasteiger charge is 2.28. The second-order valence-corrected chi connectivity index (χ2v) is 6.41. The molecule has 0 saturated carbocycles. The van der Waals surface area contributed by atoms with Crippen LogP contribution < -0.4 is 10.2 Å². The van der Waals surface area contributed by atoms with Crippen molar-refractivity contribution in [3.8, 4) is 0 Å². The summed E-state index contributed by atoms with van der Waals surface area (Å²) in [5.74, 6) is -1.90. The maximum absolute atomic E-state index is 13.3. The molecule has 2 aromatic carbocycles. The molecule has 27 heavy (non-hydrogen) atoms. The van der Waals surface area contributed by atoms with E-state index >= 15 is 0 Å². The molecule has 1 atom stereocenters. The molecule has 1 amide bonds. The van der Waals surface area contributed by atoms with Crippen LogP contribution in [0.5, 0.6) is 0 Å². The molecule has 0 aliphatic carbocycles. The molecule has 0 saturated heterocycles. The molecule has 0 fully saturated rings. The van der Waals surface area contributed by atoms with Gasteiger partial charge in [0, 0.05) is 23.5 Å². The average Bonchev–Trinajstić information content (AvgIpc) is 3.00. The predicted octanol–water partition coefficient (Wildman–Crippen LogP) is 4.09. The van der Waals surface area contributed by atoms with Gasteiger partial charge >= 0.3 is 0 Å². The first-order valence-corrected chi connectivity index (χ1v) is 8.50. The third-order valence-electron chi connectivity index (χ3n) is 4.51. The summed E-state index contributed by atoms with van der Waals surface area (Å²) in [6, 6.07) is 14.8. The summed E-state index contributed by atoms with van der Waals surface area (Å²) in [5.41, 5.74) is 2.56. The number of nitrogens with zero attached hydrogens (tertiary/aromatic N) is 3. The predicted molar refractivity (Wildman–Crippen MR) is 98.1 cm³/mol. The van der Waals surface area contributed by atoms with Crippen molar-refractivity contribution in [1.29, 1.82) is 0 Å². The van der Waals surface area contributed by atoms with Gasteiger partial charge in [-0.2, -0.15) is 0 Å². The molecule has 1 unspecified atom stereocenters. The number of carbonyl (C=O) groups is 1. The second kappa shape index (κ2) is 6.75. The number of aromatic nitrogens is 2. The first kappa shape index (κ1) is 17.1. The third-order valence-corrected chi connectivity index (χ3v) is 4.51. The van der Waals surface area contributed by atoms with Crippen LogP contribution in [0.3, 0.4) is 0 Å². The minimum absolute atomic E-state index is 0.0867. The van der Waals surface area contributed by atoms with Crippen LogP contribution in [-0.2, 0) is 6.42 Å². The molecule has 5 nitrogen and oxygen atoms in total. The van der Waals surface area contributed by atoms with E-state index in [1.54, 1.807) is 12.1 Å². The van der Waals surface area contributed by atoms with E-state index in [2.05, 4.69) is 33.4 Å². The summed E-state index contributed by atoms with van der Waals surface area (Å²) in [7, 11) is 0. The van der Waals surface area contributed by atoms with E-state index in [1.165, 1.54) is 11.6 Å². The van der Waals surface area contributed by atoms with Crippen LogP contribution in [0.4, 0.5) is 26.0 Å². The Morgan fingerprint density at radius 2 is 1.89 bits per heavy atom. The van der Waals surface area contributed by atoms with E-state index in [4.69, 9.17) is 0 Å². The van der Waals surface area contributed by atoms with Crippen LogP contribution in [0.15, 0.2) is 54.6 Å². The summed E-state index contributed by atoms with van der Waals surface area (Å²) in [4.78, 5) is 14.3. The number of fused-ring (bicyclic) bond motifs is 1. The number of benzene rings is 2. The Morgan fingerprint density at radius 3 is 2.63 bits per heavy atom. The lowest BCUT2D eigenvalue weighted by molar-refractivity contribution is 0.102. The smallest absolute Gasteiger partial charge is 0.276 e. The molecule has 1 aromatic heterocycles. The molecule has 136 valence electrons. The molecular formula is C20H16F2N4O. The van der Waals surface area contributed by atoms with E-state index in [0.717, 1.165) is 24.2 Å². The van der Waals surface area contributed by atoms with Gasteiger partial charge in [-0.25, -0.2) is 8.78 Å². The molecule has 7 heteroatoms. The van der Waals surface area contributed by atoms with Gasteiger partial charge in [0.05, 0.1) is 0 Å². The Hall–Kier alpha value is -3.35. The fourth-order valence-corrected chi connectivity index (χ4v) is 3.26. The van der Waals surface area contributed by atoms with Gasteiger partial charge in [-0.15, -0.1) is 10.2 Å². The average molecular weight is 366 g/mol. The van der Waals surface area contributed by atoms with Crippen LogP contribution in [0.1, 0.15) is 23.0 Å². The Labute approximate surface area is 154 Å². The van der Waals surface area contributed by atoms with Crippen molar-refractivity contribution >= 4 is 23.1 Å². The molecule has 0 spiro atoms. The molecule has 1 aliphatic heterocycles. The van der Waals surface area contributed by atoms with E-state index in [-0.39, 0.29) is 17.4 Å². The highest BCUT2D eigenvalue weighted by molar-refractivity contribution is 6.02. The zero-order chi connectivity index (χ0) is 19.0. The van der Waals surface area contributed by atoms with Crippen molar-refractivity contribution in [2.24, 2.45) is 0 Å². The summed E-state index contributed by atoms with van der Waals surface area (Å²) >= 11 is 0.